The predicted molar refractivity (Wildman–Crippen MR) is 104 cm³/mol. The van der Waals surface area contributed by atoms with Crippen LogP contribution in [0.3, 0.4) is 0 Å². The molecule has 0 amide bonds. The first kappa shape index (κ1) is 21.7. The van der Waals surface area contributed by atoms with Crippen molar-refractivity contribution in [2.24, 2.45) is 0 Å². The summed E-state index contributed by atoms with van der Waals surface area (Å²) in [7, 11) is 0. The molecule has 1 fully saturated rings. The molecule has 0 N–H and O–H groups in total. The molecule has 0 spiro atoms. The van der Waals surface area contributed by atoms with Crippen molar-refractivity contribution in [2.45, 2.75) is 116 Å². The molecule has 1 heterocycles. The average molecular weight is 339 g/mol. The summed E-state index contributed by atoms with van der Waals surface area (Å²) < 4.78 is 11.3. The monoisotopic (exact) mass is 338 g/mol. The van der Waals surface area contributed by atoms with E-state index < -0.39 is 0 Å². The molecule has 0 saturated carbocycles. The van der Waals surface area contributed by atoms with Crippen LogP contribution in [0.25, 0.3) is 0 Å². The van der Waals surface area contributed by atoms with Crippen molar-refractivity contribution in [3.8, 4) is 0 Å². The van der Waals surface area contributed by atoms with Gasteiger partial charge in [-0.1, -0.05) is 70.4 Å². The normalized spacial score (nSPS) is 18.5. The molecule has 0 aromatic heterocycles. The van der Waals surface area contributed by atoms with Gasteiger partial charge in [0.15, 0.2) is 6.29 Å². The third-order valence-electron chi connectivity index (χ3n) is 4.85. The zero-order chi connectivity index (χ0) is 17.1. The Labute approximate surface area is 151 Å². The quantitative estimate of drug-likeness (QED) is 0.219. The minimum absolute atomic E-state index is 0.0967. The highest BCUT2D eigenvalue weighted by Crippen LogP contribution is 2.15. The molecule has 1 aliphatic heterocycles. The lowest BCUT2D eigenvalue weighted by molar-refractivity contribution is -0.162. The van der Waals surface area contributed by atoms with Gasteiger partial charge in [0.05, 0.1) is 0 Å². The van der Waals surface area contributed by atoms with Crippen molar-refractivity contribution in [1.82, 2.24) is 0 Å². The van der Waals surface area contributed by atoms with E-state index in [1.165, 1.54) is 96.3 Å². The van der Waals surface area contributed by atoms with E-state index in [0.29, 0.717) is 0 Å². The fraction of sp³-hybridized carbons (Fsp3) is 0.909. The van der Waals surface area contributed by atoms with Gasteiger partial charge in [0, 0.05) is 13.2 Å². The highest BCUT2D eigenvalue weighted by Gasteiger charge is 2.13. The maximum Gasteiger partial charge on any atom is 0.157 e. The van der Waals surface area contributed by atoms with Crippen molar-refractivity contribution in [3.05, 3.63) is 12.2 Å². The third-order valence-corrected chi connectivity index (χ3v) is 4.85. The van der Waals surface area contributed by atoms with Crippen LogP contribution in [0.1, 0.15) is 110 Å². The van der Waals surface area contributed by atoms with E-state index in [-0.39, 0.29) is 6.29 Å². The van der Waals surface area contributed by atoms with Gasteiger partial charge >= 0.3 is 0 Å². The Morgan fingerprint density at radius 1 is 0.792 bits per heavy atom. The summed E-state index contributed by atoms with van der Waals surface area (Å²) in [5.74, 6) is 0. The molecule has 1 aliphatic rings. The van der Waals surface area contributed by atoms with E-state index in [9.17, 15) is 0 Å². The number of rotatable bonds is 16. The summed E-state index contributed by atoms with van der Waals surface area (Å²) in [6, 6.07) is 0. The van der Waals surface area contributed by atoms with E-state index >= 15 is 0 Å². The van der Waals surface area contributed by atoms with Crippen LogP contribution in [0.5, 0.6) is 0 Å². The Hall–Kier alpha value is -0.340. The molecule has 1 unspecified atom stereocenters. The SMILES string of the molecule is CCCCC/C=C\CCCCCCCCCCOC1CCCCO1. The lowest BCUT2D eigenvalue weighted by atomic mass is 10.1. The molecule has 1 rings (SSSR count). The fourth-order valence-electron chi connectivity index (χ4n) is 3.23. The fourth-order valence-corrected chi connectivity index (χ4v) is 3.23. The van der Waals surface area contributed by atoms with Crippen molar-refractivity contribution in [1.29, 1.82) is 0 Å². The highest BCUT2D eigenvalue weighted by atomic mass is 16.7. The summed E-state index contributed by atoms with van der Waals surface area (Å²) >= 11 is 0. The molecular formula is C22H42O2. The Morgan fingerprint density at radius 2 is 1.42 bits per heavy atom. The highest BCUT2D eigenvalue weighted by molar-refractivity contribution is 4.81. The lowest BCUT2D eigenvalue weighted by Gasteiger charge is -2.22. The minimum Gasteiger partial charge on any atom is -0.353 e. The molecule has 1 saturated heterocycles. The second-order valence-electron chi connectivity index (χ2n) is 7.25. The Bertz CT molecular complexity index is 269. The molecule has 0 aromatic rings. The van der Waals surface area contributed by atoms with Crippen LogP contribution >= 0.6 is 0 Å². The van der Waals surface area contributed by atoms with Crippen molar-refractivity contribution >= 4 is 0 Å². The Kier molecular flexibility index (Phi) is 15.8. The largest absolute Gasteiger partial charge is 0.353 e. The van der Waals surface area contributed by atoms with Gasteiger partial charge in [0.25, 0.3) is 0 Å². The van der Waals surface area contributed by atoms with Crippen molar-refractivity contribution < 1.29 is 9.47 Å². The standard InChI is InChI=1S/C22H42O2/c1-2-3-4-5-6-7-8-9-10-11-12-13-14-15-17-20-23-22-19-16-18-21-24-22/h6-7,22H,2-5,8-21H2,1H3/b7-6-. The van der Waals surface area contributed by atoms with Gasteiger partial charge in [0.1, 0.15) is 0 Å². The van der Waals surface area contributed by atoms with Crippen molar-refractivity contribution in [3.63, 3.8) is 0 Å². The second kappa shape index (κ2) is 17.5. The van der Waals surface area contributed by atoms with Crippen molar-refractivity contribution in [2.75, 3.05) is 13.2 Å². The van der Waals surface area contributed by atoms with E-state index in [2.05, 4.69) is 19.1 Å². The lowest BCUT2D eigenvalue weighted by Crippen LogP contribution is -2.22. The molecular weight excluding hydrogens is 296 g/mol. The molecule has 24 heavy (non-hydrogen) atoms. The van der Waals surface area contributed by atoms with Gasteiger partial charge in [-0.15, -0.1) is 0 Å². The first-order valence-electron chi connectivity index (χ1n) is 10.8. The predicted octanol–water partition coefficient (Wildman–Crippen LogP) is 7.18. The molecule has 1 atom stereocenters. The number of unbranched alkanes of at least 4 members (excludes halogenated alkanes) is 11. The molecule has 2 nitrogen and oxygen atoms in total. The summed E-state index contributed by atoms with van der Waals surface area (Å²) in [5, 5.41) is 0. The first-order chi connectivity index (χ1) is 11.9. The van der Waals surface area contributed by atoms with Crippen LogP contribution in [0.2, 0.25) is 0 Å². The number of hydrogen-bond acceptors (Lipinski definition) is 2. The first-order valence-corrected chi connectivity index (χ1v) is 10.8. The average Bonchev–Trinajstić information content (AvgIpc) is 2.62. The maximum atomic E-state index is 5.77. The Balaban J connectivity index is 1.70. The van der Waals surface area contributed by atoms with Gasteiger partial charge < -0.3 is 9.47 Å². The molecule has 0 aromatic carbocycles. The topological polar surface area (TPSA) is 18.5 Å². The van der Waals surface area contributed by atoms with E-state index in [1.54, 1.807) is 0 Å². The van der Waals surface area contributed by atoms with Crippen LogP contribution in [0.4, 0.5) is 0 Å². The zero-order valence-corrected chi connectivity index (χ0v) is 16.3. The van der Waals surface area contributed by atoms with Gasteiger partial charge in [0.2, 0.25) is 0 Å². The molecule has 2 heteroatoms. The zero-order valence-electron chi connectivity index (χ0n) is 16.3. The molecule has 0 bridgehead atoms. The second-order valence-corrected chi connectivity index (χ2v) is 7.25. The van der Waals surface area contributed by atoms with E-state index in [4.69, 9.17) is 9.47 Å². The summed E-state index contributed by atoms with van der Waals surface area (Å²) in [6.07, 6.45) is 26.0. The van der Waals surface area contributed by atoms with Gasteiger partial charge in [-0.3, -0.25) is 0 Å². The van der Waals surface area contributed by atoms with Gasteiger partial charge in [-0.2, -0.15) is 0 Å². The van der Waals surface area contributed by atoms with Gasteiger partial charge in [-0.05, 0) is 51.4 Å². The van der Waals surface area contributed by atoms with Crippen LogP contribution in [0.15, 0.2) is 12.2 Å². The third kappa shape index (κ3) is 14.0. The number of ether oxygens (including phenoxy) is 2. The minimum atomic E-state index is 0.0967. The molecule has 142 valence electrons. The number of hydrogen-bond donors (Lipinski definition) is 0. The van der Waals surface area contributed by atoms with Crippen LogP contribution in [0, 0.1) is 0 Å². The van der Waals surface area contributed by atoms with Crippen LogP contribution in [-0.2, 0) is 9.47 Å². The summed E-state index contributed by atoms with van der Waals surface area (Å²) in [4.78, 5) is 0. The van der Waals surface area contributed by atoms with Crippen LogP contribution in [-0.4, -0.2) is 19.5 Å². The van der Waals surface area contributed by atoms with Gasteiger partial charge in [-0.25, -0.2) is 0 Å². The van der Waals surface area contributed by atoms with E-state index in [0.717, 1.165) is 19.6 Å². The molecule has 0 aliphatic carbocycles. The smallest absolute Gasteiger partial charge is 0.157 e. The Morgan fingerprint density at radius 3 is 2.04 bits per heavy atom. The summed E-state index contributed by atoms with van der Waals surface area (Å²) in [5.41, 5.74) is 0. The summed E-state index contributed by atoms with van der Waals surface area (Å²) in [6.45, 7) is 4.04. The maximum absolute atomic E-state index is 5.77. The number of allylic oxidation sites excluding steroid dienone is 2. The van der Waals surface area contributed by atoms with Crippen LogP contribution < -0.4 is 0 Å². The van der Waals surface area contributed by atoms with E-state index in [1.807, 2.05) is 0 Å². The molecule has 0 radical (unpaired) electrons.